The van der Waals surface area contributed by atoms with Crippen LogP contribution in [0.3, 0.4) is 0 Å². The number of hydrogen-bond donors (Lipinski definition) is 1. The van der Waals surface area contributed by atoms with Crippen LogP contribution in [-0.4, -0.2) is 30.8 Å². The van der Waals surface area contributed by atoms with Crippen LogP contribution in [0.2, 0.25) is 0 Å². The van der Waals surface area contributed by atoms with Gasteiger partial charge in [0.15, 0.2) is 0 Å². The molecule has 1 N–H and O–H groups in total. The molecule has 0 aliphatic carbocycles. The van der Waals surface area contributed by atoms with Gasteiger partial charge >= 0.3 is 10.4 Å². The molecule has 0 aromatic rings. The lowest BCUT2D eigenvalue weighted by Gasteiger charge is -2.31. The Kier molecular flexibility index (Phi) is 9.13. The molecular weight excluding hydrogens is 304 g/mol. The largest absolute Gasteiger partial charge is 0.397 e. The molecule has 134 valence electrons. The third-order valence-electron chi connectivity index (χ3n) is 3.85. The van der Waals surface area contributed by atoms with E-state index in [1.54, 1.807) is 13.8 Å². The molecule has 0 saturated carbocycles. The van der Waals surface area contributed by atoms with Crippen molar-refractivity contribution in [1.29, 1.82) is 0 Å². The van der Waals surface area contributed by atoms with Gasteiger partial charge in [-0.05, 0) is 40.0 Å². The summed E-state index contributed by atoms with van der Waals surface area (Å²) >= 11 is 0. The Morgan fingerprint density at radius 3 is 2.14 bits per heavy atom. The molecule has 0 aromatic carbocycles. The van der Waals surface area contributed by atoms with Crippen LogP contribution < -0.4 is 0 Å². The molecule has 6 heteroatoms. The van der Waals surface area contributed by atoms with Crippen molar-refractivity contribution in [1.82, 2.24) is 0 Å². The minimum Gasteiger partial charge on any atom is -0.375 e. The van der Waals surface area contributed by atoms with E-state index in [0.29, 0.717) is 18.9 Å². The van der Waals surface area contributed by atoms with Crippen molar-refractivity contribution in [2.75, 3.05) is 6.61 Å². The Labute approximate surface area is 136 Å². The highest BCUT2D eigenvalue weighted by Gasteiger charge is 2.28. The minimum atomic E-state index is -4.44. The molecule has 1 atom stereocenters. The van der Waals surface area contributed by atoms with Gasteiger partial charge < -0.3 is 4.74 Å². The van der Waals surface area contributed by atoms with E-state index >= 15 is 0 Å². The zero-order valence-electron chi connectivity index (χ0n) is 15.0. The zero-order chi connectivity index (χ0) is 17.4. The van der Waals surface area contributed by atoms with E-state index in [2.05, 4.69) is 31.9 Å². The van der Waals surface area contributed by atoms with Crippen LogP contribution in [0.25, 0.3) is 0 Å². The summed E-state index contributed by atoms with van der Waals surface area (Å²) in [6.07, 6.45) is 6.19. The summed E-state index contributed by atoms with van der Waals surface area (Å²) in [4.78, 5) is 0. The lowest BCUT2D eigenvalue weighted by atomic mass is 9.87. The van der Waals surface area contributed by atoms with Gasteiger partial charge in [-0.25, -0.2) is 4.18 Å². The summed E-state index contributed by atoms with van der Waals surface area (Å²) in [7, 11) is -4.44. The van der Waals surface area contributed by atoms with Crippen molar-refractivity contribution in [3.05, 3.63) is 0 Å². The molecule has 0 aromatic heterocycles. The smallest absolute Gasteiger partial charge is 0.375 e. The van der Waals surface area contributed by atoms with Gasteiger partial charge in [-0.15, -0.1) is 0 Å². The van der Waals surface area contributed by atoms with E-state index in [-0.39, 0.29) is 5.60 Å². The van der Waals surface area contributed by atoms with Crippen LogP contribution in [0.1, 0.15) is 80.1 Å². The van der Waals surface area contributed by atoms with E-state index in [9.17, 15) is 8.42 Å². The highest BCUT2D eigenvalue weighted by Crippen LogP contribution is 2.27. The topological polar surface area (TPSA) is 72.8 Å². The van der Waals surface area contributed by atoms with Crippen molar-refractivity contribution in [3.8, 4) is 0 Å². The van der Waals surface area contributed by atoms with Crippen molar-refractivity contribution in [2.45, 2.75) is 91.3 Å². The first-order chi connectivity index (χ1) is 9.91. The van der Waals surface area contributed by atoms with Gasteiger partial charge in [0.2, 0.25) is 0 Å². The Morgan fingerprint density at radius 1 is 1.09 bits per heavy atom. The molecule has 0 radical (unpaired) electrons. The van der Waals surface area contributed by atoms with Crippen LogP contribution in [0.15, 0.2) is 0 Å². The average Bonchev–Trinajstić information content (AvgIpc) is 2.30. The van der Waals surface area contributed by atoms with Gasteiger partial charge in [0.25, 0.3) is 0 Å². The fourth-order valence-corrected chi connectivity index (χ4v) is 3.25. The number of unbranched alkanes of at least 4 members (excludes halogenated alkanes) is 1. The molecule has 5 nitrogen and oxygen atoms in total. The predicted octanol–water partition coefficient (Wildman–Crippen LogP) is 4.38. The Balaban J connectivity index is 4.31. The number of ether oxygens (including phenoxy) is 1. The first-order valence-corrected chi connectivity index (χ1v) is 9.59. The fraction of sp³-hybridized carbons (Fsp3) is 1.00. The van der Waals surface area contributed by atoms with Crippen molar-refractivity contribution in [3.63, 3.8) is 0 Å². The Morgan fingerprint density at radius 2 is 1.68 bits per heavy atom. The molecule has 0 rings (SSSR count). The van der Waals surface area contributed by atoms with E-state index in [4.69, 9.17) is 9.29 Å². The summed E-state index contributed by atoms with van der Waals surface area (Å²) in [5.74, 6) is 0.650. The van der Waals surface area contributed by atoms with E-state index < -0.39 is 16.0 Å². The second kappa shape index (κ2) is 9.21. The average molecular weight is 339 g/mol. The molecule has 0 bridgehead atoms. The van der Waals surface area contributed by atoms with E-state index in [1.807, 2.05) is 0 Å². The summed E-state index contributed by atoms with van der Waals surface area (Å²) in [6.45, 7) is 12.2. The zero-order valence-corrected chi connectivity index (χ0v) is 15.8. The van der Waals surface area contributed by atoms with Crippen molar-refractivity contribution < 1.29 is 21.9 Å². The third-order valence-corrected chi connectivity index (χ3v) is 4.51. The van der Waals surface area contributed by atoms with Crippen LogP contribution >= 0.6 is 0 Å². The molecule has 0 saturated heterocycles. The monoisotopic (exact) mass is 338 g/mol. The van der Waals surface area contributed by atoms with Gasteiger partial charge in [-0.2, -0.15) is 8.42 Å². The van der Waals surface area contributed by atoms with Gasteiger partial charge in [0.1, 0.15) is 0 Å². The maximum Gasteiger partial charge on any atom is 0.397 e. The quantitative estimate of drug-likeness (QED) is 0.535. The molecule has 0 heterocycles. The molecule has 0 amide bonds. The first kappa shape index (κ1) is 21.8. The lowest BCUT2D eigenvalue weighted by Crippen LogP contribution is -2.33. The first-order valence-electron chi connectivity index (χ1n) is 8.23. The molecular formula is C16H34O5S. The fourth-order valence-electron chi connectivity index (χ4n) is 2.60. The Bertz CT molecular complexity index is 401. The maximum absolute atomic E-state index is 10.8. The van der Waals surface area contributed by atoms with Gasteiger partial charge in [0, 0.05) is 6.42 Å². The second-order valence-electron chi connectivity index (χ2n) is 7.25. The SMILES string of the molecule is CCCCC(CC)CC(C)(C)OCCC(C)(C)OS(=O)(=O)O. The van der Waals surface area contributed by atoms with Crippen LogP contribution in [-0.2, 0) is 19.3 Å². The summed E-state index contributed by atoms with van der Waals surface area (Å²) < 4.78 is 40.9. The molecule has 1 unspecified atom stereocenters. The normalized spacial score (nSPS) is 15.0. The minimum absolute atomic E-state index is 0.247. The molecule has 0 spiro atoms. The van der Waals surface area contributed by atoms with Gasteiger partial charge in [-0.1, -0.05) is 39.5 Å². The van der Waals surface area contributed by atoms with Crippen LogP contribution in [0.5, 0.6) is 0 Å². The summed E-state index contributed by atoms with van der Waals surface area (Å²) in [6, 6.07) is 0. The molecule has 0 aliphatic heterocycles. The van der Waals surface area contributed by atoms with Crippen LogP contribution in [0.4, 0.5) is 0 Å². The highest BCUT2D eigenvalue weighted by atomic mass is 32.3. The summed E-state index contributed by atoms with van der Waals surface area (Å²) in [5, 5.41) is 0. The highest BCUT2D eigenvalue weighted by molar-refractivity contribution is 7.80. The van der Waals surface area contributed by atoms with E-state index in [0.717, 1.165) is 12.8 Å². The molecule has 22 heavy (non-hydrogen) atoms. The van der Waals surface area contributed by atoms with Crippen LogP contribution in [0, 0.1) is 5.92 Å². The predicted molar refractivity (Wildman–Crippen MR) is 89.3 cm³/mol. The molecule has 0 fully saturated rings. The summed E-state index contributed by atoms with van der Waals surface area (Å²) in [5.41, 5.74) is -1.22. The van der Waals surface area contributed by atoms with Crippen molar-refractivity contribution in [2.24, 2.45) is 5.92 Å². The third kappa shape index (κ3) is 11.4. The molecule has 0 aliphatic rings. The standard InChI is InChI=1S/C16H34O5S/c1-7-9-10-14(8-2)13-16(5,6)20-12-11-15(3,4)21-22(17,18)19/h14H,7-13H2,1-6H3,(H,17,18,19). The number of hydrogen-bond acceptors (Lipinski definition) is 4. The Hall–Kier alpha value is -0.170. The maximum atomic E-state index is 10.8. The number of rotatable bonds is 12. The van der Waals surface area contributed by atoms with Crippen molar-refractivity contribution >= 4 is 10.4 Å². The lowest BCUT2D eigenvalue weighted by molar-refractivity contribution is -0.0543. The second-order valence-corrected chi connectivity index (χ2v) is 8.27. The van der Waals surface area contributed by atoms with Gasteiger partial charge in [-0.3, -0.25) is 4.55 Å². The van der Waals surface area contributed by atoms with Gasteiger partial charge in [0.05, 0.1) is 17.8 Å². The van der Waals surface area contributed by atoms with E-state index in [1.165, 1.54) is 19.3 Å².